The summed E-state index contributed by atoms with van der Waals surface area (Å²) in [5.74, 6) is -0.138. The van der Waals surface area contributed by atoms with Crippen LogP contribution in [0.3, 0.4) is 0 Å². The van der Waals surface area contributed by atoms with E-state index in [-0.39, 0.29) is 17.4 Å². The molecule has 0 saturated heterocycles. The standard InChI is InChI=1S/C19H22N2O4S/c1-3-14-4-8-17(9-5-14)26(23,24)20-16-7-6-15-10-11-21(18(15)12-16)19(22)13-25-2/h4-9,12,20H,3,10-11,13H2,1-2H3. The van der Waals surface area contributed by atoms with E-state index >= 15 is 0 Å². The van der Waals surface area contributed by atoms with Gasteiger partial charge in [-0.3, -0.25) is 9.52 Å². The SMILES string of the molecule is CCc1ccc(S(=O)(=O)Nc2ccc3c(c2)N(C(=O)COC)CC3)cc1. The number of ether oxygens (including phenoxy) is 1. The monoisotopic (exact) mass is 374 g/mol. The average Bonchev–Trinajstić information content (AvgIpc) is 3.05. The van der Waals surface area contributed by atoms with Crippen molar-refractivity contribution in [3.8, 4) is 0 Å². The first-order chi connectivity index (χ1) is 12.4. The molecule has 0 bridgehead atoms. The molecule has 1 aliphatic heterocycles. The molecule has 1 N–H and O–H groups in total. The highest BCUT2D eigenvalue weighted by Gasteiger charge is 2.25. The summed E-state index contributed by atoms with van der Waals surface area (Å²) in [5, 5.41) is 0. The van der Waals surface area contributed by atoms with Crippen LogP contribution in [0.4, 0.5) is 11.4 Å². The molecule has 0 saturated carbocycles. The van der Waals surface area contributed by atoms with Gasteiger partial charge in [-0.2, -0.15) is 0 Å². The molecule has 1 aliphatic rings. The van der Waals surface area contributed by atoms with E-state index in [2.05, 4.69) is 4.72 Å². The number of hydrogen-bond acceptors (Lipinski definition) is 4. The third-order valence-electron chi connectivity index (χ3n) is 4.44. The van der Waals surface area contributed by atoms with Gasteiger partial charge in [0.2, 0.25) is 0 Å². The van der Waals surface area contributed by atoms with Gasteiger partial charge in [0.1, 0.15) is 6.61 Å². The van der Waals surface area contributed by atoms with Crippen LogP contribution in [-0.4, -0.2) is 34.6 Å². The van der Waals surface area contributed by atoms with Gasteiger partial charge in [0.25, 0.3) is 15.9 Å². The molecule has 0 radical (unpaired) electrons. The second kappa shape index (κ2) is 7.47. The van der Waals surface area contributed by atoms with Crippen molar-refractivity contribution in [2.45, 2.75) is 24.7 Å². The van der Waals surface area contributed by atoms with Crippen LogP contribution >= 0.6 is 0 Å². The molecule has 3 rings (SSSR count). The van der Waals surface area contributed by atoms with Crippen LogP contribution in [0.5, 0.6) is 0 Å². The average molecular weight is 374 g/mol. The summed E-state index contributed by atoms with van der Waals surface area (Å²) >= 11 is 0. The Hall–Kier alpha value is -2.38. The first kappa shape index (κ1) is 18.4. The second-order valence-corrected chi connectivity index (χ2v) is 7.86. The van der Waals surface area contributed by atoms with E-state index in [0.29, 0.717) is 12.2 Å². The Bertz CT molecular complexity index is 908. The van der Waals surface area contributed by atoms with Crippen molar-refractivity contribution in [1.29, 1.82) is 0 Å². The number of methoxy groups -OCH3 is 1. The fourth-order valence-electron chi connectivity index (χ4n) is 3.02. The molecule has 0 spiro atoms. The molecule has 0 fully saturated rings. The number of anilines is 2. The molecule has 0 atom stereocenters. The number of rotatable bonds is 6. The maximum atomic E-state index is 12.6. The van der Waals surface area contributed by atoms with E-state index in [1.807, 2.05) is 25.1 Å². The predicted octanol–water partition coefficient (Wildman–Crippen LogP) is 2.59. The number of aryl methyl sites for hydroxylation is 1. The second-order valence-electron chi connectivity index (χ2n) is 6.17. The summed E-state index contributed by atoms with van der Waals surface area (Å²) in [6.45, 7) is 2.59. The summed E-state index contributed by atoms with van der Waals surface area (Å²) in [5.41, 5.74) is 3.26. The molecule has 0 aliphatic carbocycles. The van der Waals surface area contributed by atoms with E-state index in [1.165, 1.54) is 7.11 Å². The number of amides is 1. The summed E-state index contributed by atoms with van der Waals surface area (Å²) in [6, 6.07) is 12.1. The van der Waals surface area contributed by atoms with Crippen LogP contribution in [0.2, 0.25) is 0 Å². The highest BCUT2D eigenvalue weighted by Crippen LogP contribution is 2.31. The number of nitrogens with zero attached hydrogens (tertiary/aromatic N) is 1. The Labute approximate surface area is 153 Å². The van der Waals surface area contributed by atoms with Gasteiger partial charge >= 0.3 is 0 Å². The minimum absolute atomic E-state index is 0.000821. The molecule has 26 heavy (non-hydrogen) atoms. The van der Waals surface area contributed by atoms with Crippen molar-refractivity contribution in [3.05, 3.63) is 53.6 Å². The van der Waals surface area contributed by atoms with Gasteiger partial charge in [0.15, 0.2) is 0 Å². The number of carbonyl (C=O) groups excluding carboxylic acids is 1. The van der Waals surface area contributed by atoms with Crippen molar-refractivity contribution in [1.82, 2.24) is 0 Å². The van der Waals surface area contributed by atoms with Gasteiger partial charge in [0.05, 0.1) is 10.6 Å². The molecule has 1 amide bonds. The van der Waals surface area contributed by atoms with Gasteiger partial charge in [-0.25, -0.2) is 8.42 Å². The molecule has 7 heteroatoms. The fourth-order valence-corrected chi connectivity index (χ4v) is 4.07. The van der Waals surface area contributed by atoms with Crippen molar-refractivity contribution in [3.63, 3.8) is 0 Å². The van der Waals surface area contributed by atoms with Gasteiger partial charge in [-0.15, -0.1) is 0 Å². The minimum atomic E-state index is -3.68. The Balaban J connectivity index is 1.84. The smallest absolute Gasteiger partial charge is 0.261 e. The normalized spacial score (nSPS) is 13.5. The maximum absolute atomic E-state index is 12.6. The van der Waals surface area contributed by atoms with E-state index in [1.54, 1.807) is 29.2 Å². The highest BCUT2D eigenvalue weighted by atomic mass is 32.2. The first-order valence-corrected chi connectivity index (χ1v) is 9.97. The lowest BCUT2D eigenvalue weighted by molar-refractivity contribution is -0.122. The van der Waals surface area contributed by atoms with Crippen LogP contribution in [0.25, 0.3) is 0 Å². The number of benzene rings is 2. The largest absolute Gasteiger partial charge is 0.375 e. The van der Waals surface area contributed by atoms with Crippen LogP contribution < -0.4 is 9.62 Å². The Kier molecular flexibility index (Phi) is 5.29. The minimum Gasteiger partial charge on any atom is -0.375 e. The number of carbonyl (C=O) groups is 1. The Morgan fingerprint density at radius 1 is 1.19 bits per heavy atom. The van der Waals surface area contributed by atoms with E-state index in [4.69, 9.17) is 4.74 Å². The summed E-state index contributed by atoms with van der Waals surface area (Å²) in [7, 11) is -2.21. The first-order valence-electron chi connectivity index (χ1n) is 8.48. The van der Waals surface area contributed by atoms with E-state index in [9.17, 15) is 13.2 Å². The third kappa shape index (κ3) is 3.73. The molecule has 0 aromatic heterocycles. The van der Waals surface area contributed by atoms with E-state index < -0.39 is 10.0 Å². The topological polar surface area (TPSA) is 75.7 Å². The summed E-state index contributed by atoms with van der Waals surface area (Å²) < 4.78 is 32.7. The van der Waals surface area contributed by atoms with Crippen LogP contribution in [0.1, 0.15) is 18.1 Å². The Morgan fingerprint density at radius 2 is 1.92 bits per heavy atom. The van der Waals surface area contributed by atoms with Crippen molar-refractivity contribution >= 4 is 27.3 Å². The lowest BCUT2D eigenvalue weighted by Gasteiger charge is -2.18. The number of sulfonamides is 1. The van der Waals surface area contributed by atoms with Crippen molar-refractivity contribution < 1.29 is 17.9 Å². The van der Waals surface area contributed by atoms with Gasteiger partial charge in [0, 0.05) is 19.3 Å². The zero-order chi connectivity index (χ0) is 18.7. The van der Waals surface area contributed by atoms with Crippen molar-refractivity contribution in [2.75, 3.05) is 29.9 Å². The maximum Gasteiger partial charge on any atom is 0.261 e. The Morgan fingerprint density at radius 3 is 2.58 bits per heavy atom. The van der Waals surface area contributed by atoms with Gasteiger partial charge in [-0.1, -0.05) is 25.1 Å². The summed E-state index contributed by atoms with van der Waals surface area (Å²) in [4.78, 5) is 14.0. The lowest BCUT2D eigenvalue weighted by atomic mass is 10.1. The molecule has 1 heterocycles. The molecule has 0 unspecified atom stereocenters. The number of hydrogen-bond donors (Lipinski definition) is 1. The molecule has 2 aromatic carbocycles. The third-order valence-corrected chi connectivity index (χ3v) is 5.84. The fraction of sp³-hybridized carbons (Fsp3) is 0.316. The molecule has 2 aromatic rings. The zero-order valence-electron chi connectivity index (χ0n) is 14.9. The van der Waals surface area contributed by atoms with Crippen LogP contribution in [0.15, 0.2) is 47.4 Å². The predicted molar refractivity (Wildman–Crippen MR) is 101 cm³/mol. The quantitative estimate of drug-likeness (QED) is 0.843. The lowest BCUT2D eigenvalue weighted by Crippen LogP contribution is -2.32. The number of fused-ring (bicyclic) bond motifs is 1. The summed E-state index contributed by atoms with van der Waals surface area (Å²) in [6.07, 6.45) is 1.60. The number of nitrogens with one attached hydrogen (secondary N) is 1. The zero-order valence-corrected chi connectivity index (χ0v) is 15.7. The highest BCUT2D eigenvalue weighted by molar-refractivity contribution is 7.92. The van der Waals surface area contributed by atoms with Crippen LogP contribution in [0, 0.1) is 0 Å². The molecule has 138 valence electrons. The van der Waals surface area contributed by atoms with Gasteiger partial charge < -0.3 is 9.64 Å². The molecular weight excluding hydrogens is 352 g/mol. The van der Waals surface area contributed by atoms with Crippen molar-refractivity contribution in [2.24, 2.45) is 0 Å². The van der Waals surface area contributed by atoms with E-state index in [0.717, 1.165) is 29.7 Å². The molecule has 6 nitrogen and oxygen atoms in total. The van der Waals surface area contributed by atoms with Gasteiger partial charge in [-0.05, 0) is 48.2 Å². The molecular formula is C19H22N2O4S. The van der Waals surface area contributed by atoms with Crippen LogP contribution in [-0.2, 0) is 32.4 Å².